The van der Waals surface area contributed by atoms with Gasteiger partial charge in [0.15, 0.2) is 5.65 Å². The first-order chi connectivity index (χ1) is 16.1. The first-order valence-corrected chi connectivity index (χ1v) is 12.1. The van der Waals surface area contributed by atoms with Gasteiger partial charge >= 0.3 is 0 Å². The molecule has 2 saturated heterocycles. The number of anilines is 2. The van der Waals surface area contributed by atoms with Crippen LogP contribution in [0.15, 0.2) is 58.8 Å². The third-order valence-corrected chi connectivity index (χ3v) is 8.33. The monoisotopic (exact) mass is 461 g/mol. The molecule has 2 fully saturated rings. The molecule has 170 valence electrons. The topological polar surface area (TPSA) is 108 Å². The number of rotatable bonds is 3. The van der Waals surface area contributed by atoms with Crippen molar-refractivity contribution < 1.29 is 4.74 Å². The highest BCUT2D eigenvalue weighted by molar-refractivity contribution is 7.99. The second-order valence-electron chi connectivity index (χ2n) is 9.09. The lowest BCUT2D eigenvalue weighted by atomic mass is 9.73. The maximum atomic E-state index is 6.50. The van der Waals surface area contributed by atoms with E-state index in [2.05, 4.69) is 26.2 Å². The van der Waals surface area contributed by atoms with Crippen LogP contribution in [0, 0.1) is 5.41 Å². The van der Waals surface area contributed by atoms with Gasteiger partial charge in [0.2, 0.25) is 5.95 Å². The van der Waals surface area contributed by atoms with Gasteiger partial charge in [0.05, 0.1) is 28.8 Å². The first-order valence-electron chi connectivity index (χ1n) is 11.3. The van der Waals surface area contributed by atoms with Crippen molar-refractivity contribution >= 4 is 39.9 Å². The van der Waals surface area contributed by atoms with Crippen LogP contribution in [0.1, 0.15) is 19.8 Å². The molecule has 0 amide bonds. The van der Waals surface area contributed by atoms with Crippen molar-refractivity contribution in [2.75, 3.05) is 30.3 Å². The minimum Gasteiger partial charge on any atom is -0.397 e. The number of benzene rings is 1. The summed E-state index contributed by atoms with van der Waals surface area (Å²) in [5.41, 5.74) is 15.1. The van der Waals surface area contributed by atoms with Crippen molar-refractivity contribution in [3.63, 3.8) is 0 Å². The fourth-order valence-electron chi connectivity index (χ4n) is 5.20. The van der Waals surface area contributed by atoms with Crippen LogP contribution in [0.3, 0.4) is 0 Å². The molecule has 4 aromatic rings. The Hall–Kier alpha value is -2.88. The second-order valence-corrected chi connectivity index (χ2v) is 10.2. The fraction of sp³-hybridized carbons (Fsp3) is 0.375. The Balaban J connectivity index is 1.30. The number of nitrogens with zero attached hydrogens (tertiary/aromatic N) is 5. The molecule has 2 aliphatic rings. The average molecular weight is 462 g/mol. The molecule has 2 atom stereocenters. The van der Waals surface area contributed by atoms with Gasteiger partial charge in [-0.25, -0.2) is 9.97 Å². The van der Waals surface area contributed by atoms with Gasteiger partial charge in [-0.3, -0.25) is 9.38 Å². The molecule has 4 N–H and O–H groups in total. The number of hydrogen-bond acceptors (Lipinski definition) is 8. The number of para-hydroxylation sites is 1. The van der Waals surface area contributed by atoms with Gasteiger partial charge in [0, 0.05) is 59.6 Å². The lowest BCUT2D eigenvalue weighted by molar-refractivity contribution is 0.0973. The van der Waals surface area contributed by atoms with Crippen molar-refractivity contribution in [1.29, 1.82) is 0 Å². The van der Waals surface area contributed by atoms with E-state index in [1.165, 1.54) is 0 Å². The Bertz CT molecular complexity index is 1330. The number of imidazole rings is 1. The van der Waals surface area contributed by atoms with Gasteiger partial charge in [-0.1, -0.05) is 23.9 Å². The van der Waals surface area contributed by atoms with Crippen molar-refractivity contribution in [2.45, 2.75) is 41.7 Å². The van der Waals surface area contributed by atoms with E-state index in [1.54, 1.807) is 18.0 Å². The lowest BCUT2D eigenvalue weighted by Crippen LogP contribution is -2.51. The number of nitrogens with two attached hydrogens (primary N) is 2. The summed E-state index contributed by atoms with van der Waals surface area (Å²) < 4.78 is 7.97. The second kappa shape index (κ2) is 7.86. The summed E-state index contributed by atoms with van der Waals surface area (Å²) in [5.74, 6) is 0.922. The van der Waals surface area contributed by atoms with E-state index in [0.29, 0.717) is 5.69 Å². The summed E-state index contributed by atoms with van der Waals surface area (Å²) in [5, 5.41) is 1.03. The van der Waals surface area contributed by atoms with Crippen LogP contribution in [0.25, 0.3) is 16.6 Å². The van der Waals surface area contributed by atoms with E-state index in [-0.39, 0.29) is 17.6 Å². The minimum absolute atomic E-state index is 0.0873. The molecule has 5 heterocycles. The number of ether oxygens (including phenoxy) is 1. The Morgan fingerprint density at radius 1 is 1.09 bits per heavy atom. The van der Waals surface area contributed by atoms with E-state index in [0.717, 1.165) is 64.8 Å². The van der Waals surface area contributed by atoms with Gasteiger partial charge in [-0.2, -0.15) is 0 Å². The zero-order valence-electron chi connectivity index (χ0n) is 18.5. The maximum Gasteiger partial charge on any atom is 0.211 e. The quantitative estimate of drug-likeness (QED) is 0.447. The van der Waals surface area contributed by atoms with Gasteiger partial charge in [0.1, 0.15) is 0 Å². The van der Waals surface area contributed by atoms with Crippen molar-refractivity contribution in [1.82, 2.24) is 19.4 Å². The third-order valence-electron chi connectivity index (χ3n) is 7.24. The third kappa shape index (κ3) is 3.34. The maximum absolute atomic E-state index is 6.50. The molecule has 0 bridgehead atoms. The van der Waals surface area contributed by atoms with E-state index < -0.39 is 0 Å². The Morgan fingerprint density at radius 3 is 2.73 bits per heavy atom. The van der Waals surface area contributed by atoms with Crippen LogP contribution >= 0.6 is 11.8 Å². The minimum atomic E-state index is 0.0873. The highest BCUT2D eigenvalue weighted by Crippen LogP contribution is 2.42. The summed E-state index contributed by atoms with van der Waals surface area (Å²) >= 11 is 1.64. The van der Waals surface area contributed by atoms with Crippen LogP contribution in [0.4, 0.5) is 11.6 Å². The smallest absolute Gasteiger partial charge is 0.211 e. The SMILES string of the molecule is C[C@@H]1OCC2(CCN(c3ncc(Sc4ccnc5c(N)cccc45)c4nccn34)CC2)[C@@H]1N. The summed E-state index contributed by atoms with van der Waals surface area (Å²) in [7, 11) is 0. The molecule has 3 aromatic heterocycles. The Morgan fingerprint density at radius 2 is 1.94 bits per heavy atom. The molecule has 8 nitrogen and oxygen atoms in total. The van der Waals surface area contributed by atoms with Crippen molar-refractivity contribution in [3.05, 3.63) is 49.1 Å². The Kier molecular flexibility index (Phi) is 4.93. The standard InChI is InChI=1S/C24H27N7OS/c1-15-21(26)24(14-32-15)6-10-30(11-7-24)23-29-13-19(22-28-9-12-31(22)23)33-18-5-8-27-20-16(18)3-2-4-17(20)25/h2-5,8-9,12-13,15,21H,6-7,10-11,14,25-26H2,1H3/t15-,21+/m0/s1. The zero-order valence-corrected chi connectivity index (χ0v) is 19.3. The number of pyridine rings is 1. The first kappa shape index (κ1) is 20.7. The summed E-state index contributed by atoms with van der Waals surface area (Å²) in [6, 6.07) is 8.00. The fourth-order valence-corrected chi connectivity index (χ4v) is 6.18. The molecule has 1 spiro atoms. The summed E-state index contributed by atoms with van der Waals surface area (Å²) in [6.45, 7) is 4.66. The lowest BCUT2D eigenvalue weighted by Gasteiger charge is -2.41. The molecule has 0 aliphatic carbocycles. The average Bonchev–Trinajstić information content (AvgIpc) is 3.43. The van der Waals surface area contributed by atoms with E-state index in [1.807, 2.05) is 42.9 Å². The molecule has 6 rings (SSSR count). The number of hydrogen-bond donors (Lipinski definition) is 2. The molecule has 0 radical (unpaired) electrons. The van der Waals surface area contributed by atoms with E-state index in [9.17, 15) is 0 Å². The normalized spacial score (nSPS) is 22.5. The largest absolute Gasteiger partial charge is 0.397 e. The molecule has 1 aromatic carbocycles. The van der Waals surface area contributed by atoms with Crippen LogP contribution in [0.2, 0.25) is 0 Å². The highest BCUT2D eigenvalue weighted by Gasteiger charge is 2.47. The molecular formula is C24H27N7OS. The molecule has 0 unspecified atom stereocenters. The zero-order chi connectivity index (χ0) is 22.6. The van der Waals surface area contributed by atoms with Crippen LogP contribution < -0.4 is 16.4 Å². The predicted molar refractivity (Wildman–Crippen MR) is 131 cm³/mol. The number of aromatic nitrogens is 4. The van der Waals surface area contributed by atoms with Crippen LogP contribution in [-0.4, -0.2) is 51.2 Å². The number of nitrogen functional groups attached to an aromatic ring is 1. The van der Waals surface area contributed by atoms with Gasteiger partial charge in [-0.15, -0.1) is 0 Å². The molecule has 33 heavy (non-hydrogen) atoms. The predicted octanol–water partition coefficient (Wildman–Crippen LogP) is 3.34. The van der Waals surface area contributed by atoms with Gasteiger partial charge in [-0.05, 0) is 31.9 Å². The van der Waals surface area contributed by atoms with Gasteiger partial charge in [0.25, 0.3) is 0 Å². The number of fused-ring (bicyclic) bond motifs is 2. The molecule has 2 aliphatic heterocycles. The van der Waals surface area contributed by atoms with Crippen LogP contribution in [0.5, 0.6) is 0 Å². The van der Waals surface area contributed by atoms with Crippen molar-refractivity contribution in [2.24, 2.45) is 11.1 Å². The van der Waals surface area contributed by atoms with Gasteiger partial charge < -0.3 is 21.1 Å². The van der Waals surface area contributed by atoms with E-state index >= 15 is 0 Å². The molecular weight excluding hydrogens is 434 g/mol. The summed E-state index contributed by atoms with van der Waals surface area (Å²) in [4.78, 5) is 18.4. The summed E-state index contributed by atoms with van der Waals surface area (Å²) in [6.07, 6.45) is 9.70. The Labute approximate surface area is 196 Å². The highest BCUT2D eigenvalue weighted by atomic mass is 32.2. The van der Waals surface area contributed by atoms with E-state index in [4.69, 9.17) is 21.2 Å². The molecule has 9 heteroatoms. The molecule has 0 saturated carbocycles. The number of piperidine rings is 1. The van der Waals surface area contributed by atoms with Crippen LogP contribution in [-0.2, 0) is 4.74 Å². The van der Waals surface area contributed by atoms with Crippen molar-refractivity contribution in [3.8, 4) is 0 Å².